The van der Waals surface area contributed by atoms with Gasteiger partial charge in [-0.3, -0.25) is 4.79 Å². The van der Waals surface area contributed by atoms with Gasteiger partial charge in [0.05, 0.1) is 7.11 Å². The monoisotopic (exact) mass is 270 g/mol. The Morgan fingerprint density at radius 3 is 2.42 bits per heavy atom. The van der Waals surface area contributed by atoms with Gasteiger partial charge in [0, 0.05) is 0 Å². The van der Waals surface area contributed by atoms with Crippen LogP contribution in [0.3, 0.4) is 0 Å². The maximum Gasteiger partial charge on any atom is 0.387 e. The number of rotatable bonds is 6. The zero-order chi connectivity index (χ0) is 14.4. The molecule has 0 aliphatic carbocycles. The third-order valence-corrected chi connectivity index (χ3v) is 2.54. The molecule has 0 aromatic heterocycles. The average Bonchev–Trinajstić information content (AvgIpc) is 2.36. The number of carbonyl (C=O) groups excluding carboxylic acids is 1. The zero-order valence-corrected chi connectivity index (χ0v) is 11.0. The van der Waals surface area contributed by atoms with E-state index in [1.807, 2.05) is 13.8 Å². The van der Waals surface area contributed by atoms with Crippen molar-refractivity contribution in [3.63, 3.8) is 0 Å². The molecule has 1 rings (SSSR count). The average molecular weight is 270 g/mol. The van der Waals surface area contributed by atoms with E-state index in [2.05, 4.69) is 4.74 Å². The number of ether oxygens (including phenoxy) is 2. The summed E-state index contributed by atoms with van der Waals surface area (Å²) in [4.78, 5) is 10.9. The van der Waals surface area contributed by atoms with Gasteiger partial charge in [-0.2, -0.15) is 8.78 Å². The molecule has 0 unspecified atom stereocenters. The first-order chi connectivity index (χ1) is 8.97. The van der Waals surface area contributed by atoms with Crippen molar-refractivity contribution in [2.45, 2.75) is 20.5 Å². The lowest BCUT2D eigenvalue weighted by Gasteiger charge is -2.11. The van der Waals surface area contributed by atoms with Crippen LogP contribution in [-0.4, -0.2) is 20.0 Å². The smallest absolute Gasteiger partial charge is 0.387 e. The Labute approximate surface area is 110 Å². The Kier molecular flexibility index (Phi) is 5.48. The second-order valence-electron chi connectivity index (χ2n) is 4.21. The van der Waals surface area contributed by atoms with E-state index in [9.17, 15) is 13.6 Å². The van der Waals surface area contributed by atoms with E-state index < -0.39 is 6.61 Å². The molecule has 3 nitrogen and oxygen atoms in total. The van der Waals surface area contributed by atoms with E-state index in [0.717, 1.165) is 6.29 Å². The summed E-state index contributed by atoms with van der Waals surface area (Å²) in [5.41, 5.74) is 1.30. The first-order valence-electron chi connectivity index (χ1n) is 5.77. The van der Waals surface area contributed by atoms with E-state index in [1.54, 1.807) is 18.2 Å². The van der Waals surface area contributed by atoms with Gasteiger partial charge in [0.25, 0.3) is 0 Å². The number of benzene rings is 1. The highest BCUT2D eigenvalue weighted by molar-refractivity contribution is 5.82. The number of alkyl halides is 2. The molecule has 0 saturated carbocycles. The van der Waals surface area contributed by atoms with Crippen LogP contribution < -0.4 is 9.47 Å². The van der Waals surface area contributed by atoms with Crippen molar-refractivity contribution in [3.05, 3.63) is 29.3 Å². The van der Waals surface area contributed by atoms with Gasteiger partial charge in [-0.15, -0.1) is 0 Å². The van der Waals surface area contributed by atoms with Crippen LogP contribution in [-0.2, 0) is 4.79 Å². The summed E-state index contributed by atoms with van der Waals surface area (Å²) in [5, 5.41) is 0. The Morgan fingerprint density at radius 2 is 1.95 bits per heavy atom. The fourth-order valence-corrected chi connectivity index (χ4v) is 1.50. The quantitative estimate of drug-likeness (QED) is 0.586. The van der Waals surface area contributed by atoms with E-state index in [4.69, 9.17) is 4.74 Å². The van der Waals surface area contributed by atoms with E-state index in [0.29, 0.717) is 11.1 Å². The molecule has 0 aliphatic rings. The topological polar surface area (TPSA) is 35.5 Å². The molecule has 0 spiro atoms. The molecular weight excluding hydrogens is 254 g/mol. The summed E-state index contributed by atoms with van der Waals surface area (Å²) in [5.74, 6) is 0.246. The first-order valence-corrected chi connectivity index (χ1v) is 5.77. The van der Waals surface area contributed by atoms with Gasteiger partial charge in [0.1, 0.15) is 6.29 Å². The van der Waals surface area contributed by atoms with Gasteiger partial charge in [-0.1, -0.05) is 19.9 Å². The summed E-state index contributed by atoms with van der Waals surface area (Å²) in [6.45, 7) is 0.883. The van der Waals surface area contributed by atoms with Crippen molar-refractivity contribution in [3.8, 4) is 11.5 Å². The van der Waals surface area contributed by atoms with Gasteiger partial charge in [-0.05, 0) is 35.3 Å². The molecule has 1 aromatic rings. The normalized spacial score (nSPS) is 11.8. The molecule has 5 heteroatoms. The Bertz CT molecular complexity index is 468. The van der Waals surface area contributed by atoms with Crippen molar-refractivity contribution in [2.75, 3.05) is 7.11 Å². The van der Waals surface area contributed by atoms with Crippen molar-refractivity contribution in [1.29, 1.82) is 0 Å². The van der Waals surface area contributed by atoms with Crippen LogP contribution in [0, 0.1) is 5.92 Å². The minimum absolute atomic E-state index is 0.0353. The molecule has 0 amide bonds. The molecule has 0 aliphatic heterocycles. The highest BCUT2D eigenvalue weighted by Crippen LogP contribution is 2.30. The second kappa shape index (κ2) is 6.87. The van der Waals surface area contributed by atoms with Crippen LogP contribution >= 0.6 is 0 Å². The number of allylic oxidation sites excluding steroid dienone is 1. The van der Waals surface area contributed by atoms with E-state index in [1.165, 1.54) is 13.2 Å². The number of carbonyl (C=O) groups is 1. The minimum atomic E-state index is -2.91. The Hall–Kier alpha value is -1.91. The van der Waals surface area contributed by atoms with Gasteiger partial charge >= 0.3 is 6.61 Å². The van der Waals surface area contributed by atoms with Gasteiger partial charge in [0.15, 0.2) is 11.5 Å². The fourth-order valence-electron chi connectivity index (χ4n) is 1.50. The molecule has 0 saturated heterocycles. The maximum atomic E-state index is 12.2. The number of aldehydes is 1. The molecule has 1 aromatic carbocycles. The number of hydrogen-bond donors (Lipinski definition) is 0. The van der Waals surface area contributed by atoms with Crippen molar-refractivity contribution >= 4 is 12.4 Å². The van der Waals surface area contributed by atoms with Gasteiger partial charge < -0.3 is 9.47 Å². The largest absolute Gasteiger partial charge is 0.493 e. The maximum absolute atomic E-state index is 12.2. The van der Waals surface area contributed by atoms with Crippen LogP contribution in [0.1, 0.15) is 19.4 Å². The van der Waals surface area contributed by atoms with Crippen LogP contribution in [0.5, 0.6) is 11.5 Å². The highest BCUT2D eigenvalue weighted by Gasteiger charge is 2.11. The lowest BCUT2D eigenvalue weighted by molar-refractivity contribution is -0.105. The molecule has 19 heavy (non-hydrogen) atoms. The van der Waals surface area contributed by atoms with Crippen LogP contribution in [0.2, 0.25) is 0 Å². The predicted octanol–water partition coefficient (Wildman–Crippen LogP) is 3.53. The number of hydrogen-bond acceptors (Lipinski definition) is 3. The van der Waals surface area contributed by atoms with E-state index in [-0.39, 0.29) is 17.4 Å². The van der Waals surface area contributed by atoms with Crippen molar-refractivity contribution < 1.29 is 23.0 Å². The molecular formula is C14H16F2O3. The fraction of sp³-hybridized carbons (Fsp3) is 0.357. The molecule has 0 heterocycles. The molecule has 0 radical (unpaired) electrons. The Morgan fingerprint density at radius 1 is 1.26 bits per heavy atom. The summed E-state index contributed by atoms with van der Waals surface area (Å²) >= 11 is 0. The van der Waals surface area contributed by atoms with Crippen LogP contribution in [0.25, 0.3) is 6.08 Å². The van der Waals surface area contributed by atoms with Gasteiger partial charge in [-0.25, -0.2) is 0 Å². The zero-order valence-electron chi connectivity index (χ0n) is 11.0. The summed E-state index contributed by atoms with van der Waals surface area (Å²) in [6.07, 6.45) is 2.47. The first kappa shape index (κ1) is 15.1. The van der Waals surface area contributed by atoms with Crippen molar-refractivity contribution in [1.82, 2.24) is 0 Å². The van der Waals surface area contributed by atoms with Gasteiger partial charge in [0.2, 0.25) is 0 Å². The van der Waals surface area contributed by atoms with Crippen LogP contribution in [0.4, 0.5) is 8.78 Å². The Balaban J connectivity index is 3.09. The molecule has 104 valence electrons. The van der Waals surface area contributed by atoms with E-state index >= 15 is 0 Å². The number of halogens is 2. The molecule has 0 bridgehead atoms. The molecule has 0 fully saturated rings. The van der Waals surface area contributed by atoms with Crippen molar-refractivity contribution in [2.24, 2.45) is 5.92 Å². The standard InChI is InChI=1S/C14H16F2O3/c1-9(2)11(8-17)6-10-4-5-12(19-14(15)16)13(7-10)18-3/h4-9,14H,1-3H3. The molecule has 0 N–H and O–H groups in total. The number of methoxy groups -OCH3 is 1. The summed E-state index contributed by atoms with van der Waals surface area (Å²) in [6, 6.07) is 4.52. The predicted molar refractivity (Wildman–Crippen MR) is 68.5 cm³/mol. The highest BCUT2D eigenvalue weighted by atomic mass is 19.3. The summed E-state index contributed by atoms with van der Waals surface area (Å²) in [7, 11) is 1.37. The SMILES string of the molecule is COc1cc(C=C(C=O)C(C)C)ccc1OC(F)F. The van der Waals surface area contributed by atoms with Crippen LogP contribution in [0.15, 0.2) is 23.8 Å². The third-order valence-electron chi connectivity index (χ3n) is 2.54. The lowest BCUT2D eigenvalue weighted by atomic mass is 10.0. The lowest BCUT2D eigenvalue weighted by Crippen LogP contribution is -2.03. The minimum Gasteiger partial charge on any atom is -0.493 e. The molecule has 0 atom stereocenters. The summed E-state index contributed by atoms with van der Waals surface area (Å²) < 4.78 is 33.7. The third kappa shape index (κ3) is 4.35. The second-order valence-corrected chi connectivity index (χ2v) is 4.21.